The SMILES string of the molecule is CCc1cc(C(C)(C)C)cc(Cc2cc(C(C)(C)C)cc(C)c2OCC(C)=O)c1OCC(=O)NCNC(=S)Nc1ccc(-c2c3ccc(=O)cc-3oc3cc(O)ccc23)c(C(=O)O)c1. The van der Waals surface area contributed by atoms with E-state index in [2.05, 4.69) is 81.8 Å². The second-order valence-electron chi connectivity index (χ2n) is 18.0. The number of amides is 1. The van der Waals surface area contributed by atoms with Crippen LogP contribution >= 0.6 is 12.2 Å². The van der Waals surface area contributed by atoms with Crippen molar-refractivity contribution in [1.82, 2.24) is 10.6 Å². The van der Waals surface area contributed by atoms with Crippen LogP contribution in [-0.4, -0.2) is 52.9 Å². The number of fused-ring (bicyclic) bond motifs is 2. The number of ether oxygens (including phenoxy) is 2. The predicted octanol–water partition coefficient (Wildman–Crippen LogP) is 9.43. The fourth-order valence-electron chi connectivity index (χ4n) is 7.52. The van der Waals surface area contributed by atoms with E-state index in [-0.39, 0.29) is 69.7 Å². The lowest BCUT2D eigenvalue weighted by molar-refractivity contribution is -0.123. The van der Waals surface area contributed by atoms with Gasteiger partial charge in [-0.1, -0.05) is 78.8 Å². The van der Waals surface area contributed by atoms with Gasteiger partial charge in [0.25, 0.3) is 5.91 Å². The number of carboxylic acid groups (broad SMARTS) is 1. The number of hydrogen-bond donors (Lipinski definition) is 5. The van der Waals surface area contributed by atoms with Crippen LogP contribution in [0.4, 0.5) is 5.69 Å². The van der Waals surface area contributed by atoms with E-state index >= 15 is 0 Å². The lowest BCUT2D eigenvalue weighted by atomic mass is 9.82. The standard InChI is InChI=1S/C51H55N3O9S/c1-10-30-19-34(51(7,8)9)21-32(18-31-20-33(50(4,5)6)17-28(2)46(31)61-25-29(3)55)47(30)62-26-44(58)52-27-53-49(64)54-35-11-14-38(41(22-35)48(59)60)45-39-15-12-36(56)23-42(39)63-43-24-37(57)13-16-40(43)45/h11-17,19-24,56H,10,18,25-27H2,1-9H3,(H,52,58)(H,59,60)(H2,53,54,64). The number of hydrogen-bond acceptors (Lipinski definition) is 9. The van der Waals surface area contributed by atoms with E-state index in [9.17, 15) is 29.4 Å². The first-order chi connectivity index (χ1) is 30.1. The van der Waals surface area contributed by atoms with Crippen LogP contribution < -0.4 is 30.9 Å². The third-order valence-electron chi connectivity index (χ3n) is 10.8. The highest BCUT2D eigenvalue weighted by Crippen LogP contribution is 2.43. The molecule has 1 aliphatic carbocycles. The molecule has 6 rings (SSSR count). The molecule has 0 fully saturated rings. The molecule has 0 aromatic heterocycles. The molecule has 13 heteroatoms. The summed E-state index contributed by atoms with van der Waals surface area (Å²) in [5, 5.41) is 29.9. The Morgan fingerprint density at radius 1 is 0.766 bits per heavy atom. The summed E-state index contributed by atoms with van der Waals surface area (Å²) in [7, 11) is 0. The van der Waals surface area contributed by atoms with Crippen LogP contribution in [0.15, 0.2) is 88.1 Å². The number of benzene rings is 5. The highest BCUT2D eigenvalue weighted by atomic mass is 32.1. The van der Waals surface area contributed by atoms with E-state index in [4.69, 9.17) is 26.1 Å². The molecule has 2 aliphatic rings. The van der Waals surface area contributed by atoms with Gasteiger partial charge in [0.2, 0.25) is 0 Å². The normalized spacial score (nSPS) is 11.6. The van der Waals surface area contributed by atoms with Crippen molar-refractivity contribution >= 4 is 51.6 Å². The molecule has 4 aromatic carbocycles. The Hall–Kier alpha value is -6.73. The number of ketones is 1. The van der Waals surface area contributed by atoms with Gasteiger partial charge in [0.05, 0.1) is 12.2 Å². The maximum absolute atomic E-state index is 13.3. The summed E-state index contributed by atoms with van der Waals surface area (Å²) in [6.45, 7) is 18.1. The first kappa shape index (κ1) is 46.8. The van der Waals surface area contributed by atoms with Crippen molar-refractivity contribution in [2.24, 2.45) is 0 Å². The van der Waals surface area contributed by atoms with Crippen LogP contribution in [-0.2, 0) is 33.3 Å². The largest absolute Gasteiger partial charge is 0.508 e. The number of aromatic hydroxyl groups is 1. The predicted molar refractivity (Wildman–Crippen MR) is 254 cm³/mol. The van der Waals surface area contributed by atoms with Gasteiger partial charge < -0.3 is 40.1 Å². The fraction of sp³-hybridized carbons (Fsp3) is 0.314. The number of nitrogens with one attached hydrogen (secondary N) is 3. The summed E-state index contributed by atoms with van der Waals surface area (Å²) in [4.78, 5) is 50.2. The molecule has 0 unspecified atom stereocenters. The quantitative estimate of drug-likeness (QED) is 0.0399. The number of thiocarbonyl (C=S) groups is 1. The number of aryl methyl sites for hydroxylation is 2. The van der Waals surface area contributed by atoms with E-state index in [0.29, 0.717) is 52.1 Å². The van der Waals surface area contributed by atoms with Crippen molar-refractivity contribution in [3.63, 3.8) is 0 Å². The van der Waals surface area contributed by atoms with Crippen molar-refractivity contribution in [2.75, 3.05) is 25.2 Å². The summed E-state index contributed by atoms with van der Waals surface area (Å²) in [6.07, 6.45) is 1.11. The molecular weight excluding hydrogens is 831 g/mol. The first-order valence-corrected chi connectivity index (χ1v) is 21.5. The van der Waals surface area contributed by atoms with Crippen molar-refractivity contribution in [2.45, 2.75) is 86.0 Å². The van der Waals surface area contributed by atoms with Gasteiger partial charge in [-0.25, -0.2) is 4.79 Å². The van der Waals surface area contributed by atoms with Gasteiger partial charge >= 0.3 is 5.97 Å². The van der Waals surface area contributed by atoms with Crippen LogP contribution in [0.2, 0.25) is 0 Å². The number of carbonyl (C=O) groups excluding carboxylic acids is 2. The Morgan fingerprint density at radius 2 is 1.41 bits per heavy atom. The fourth-order valence-corrected chi connectivity index (χ4v) is 7.71. The second kappa shape index (κ2) is 18.9. The van der Waals surface area contributed by atoms with Crippen LogP contribution in [0.1, 0.15) is 99.1 Å². The minimum absolute atomic E-state index is 0.0448. The average molecular weight is 886 g/mol. The summed E-state index contributed by atoms with van der Waals surface area (Å²) in [6, 6.07) is 22.0. The van der Waals surface area contributed by atoms with Gasteiger partial charge in [-0.05, 0) is 119 Å². The minimum Gasteiger partial charge on any atom is -0.508 e. The van der Waals surface area contributed by atoms with Crippen LogP contribution in [0.3, 0.4) is 0 Å². The summed E-state index contributed by atoms with van der Waals surface area (Å²) in [5.41, 5.74) is 7.36. The zero-order valence-electron chi connectivity index (χ0n) is 37.7. The molecule has 1 amide bonds. The molecule has 0 bridgehead atoms. The van der Waals surface area contributed by atoms with Crippen LogP contribution in [0.5, 0.6) is 17.2 Å². The molecule has 4 aromatic rings. The molecule has 0 spiro atoms. The molecule has 0 atom stereocenters. The molecule has 1 heterocycles. The number of rotatable bonds is 14. The van der Waals surface area contributed by atoms with E-state index in [0.717, 1.165) is 33.4 Å². The monoisotopic (exact) mass is 885 g/mol. The lowest BCUT2D eigenvalue weighted by Crippen LogP contribution is -2.41. The van der Waals surface area contributed by atoms with Crippen molar-refractivity contribution in [1.29, 1.82) is 0 Å². The highest BCUT2D eigenvalue weighted by molar-refractivity contribution is 7.80. The number of anilines is 1. The number of carbonyl (C=O) groups is 3. The molecule has 0 radical (unpaired) electrons. The third-order valence-corrected chi connectivity index (χ3v) is 11.1. The third kappa shape index (κ3) is 10.9. The van der Waals surface area contributed by atoms with E-state index in [1.165, 1.54) is 37.3 Å². The van der Waals surface area contributed by atoms with E-state index < -0.39 is 11.9 Å². The molecule has 64 heavy (non-hydrogen) atoms. The van der Waals surface area contributed by atoms with Crippen molar-refractivity contribution in [3.05, 3.63) is 128 Å². The summed E-state index contributed by atoms with van der Waals surface area (Å²) in [5.74, 6) is -0.218. The number of phenols is 1. The number of carboxylic acids is 1. The smallest absolute Gasteiger partial charge is 0.336 e. The van der Waals surface area contributed by atoms with E-state index in [1.807, 2.05) is 13.8 Å². The Balaban J connectivity index is 1.17. The maximum Gasteiger partial charge on any atom is 0.336 e. The number of phenolic OH excluding ortho intramolecular Hbond substituents is 1. The first-order valence-electron chi connectivity index (χ1n) is 21.1. The molecule has 334 valence electrons. The number of aromatic carboxylic acids is 1. The van der Waals surface area contributed by atoms with Gasteiger partial charge in [0.1, 0.15) is 35.2 Å². The minimum atomic E-state index is -1.20. The van der Waals surface area contributed by atoms with Crippen molar-refractivity contribution < 1.29 is 38.5 Å². The lowest BCUT2D eigenvalue weighted by Gasteiger charge is -2.26. The van der Waals surface area contributed by atoms with Gasteiger partial charge in [-0.2, -0.15) is 0 Å². The van der Waals surface area contributed by atoms with E-state index in [1.54, 1.807) is 24.3 Å². The van der Waals surface area contributed by atoms with Crippen LogP contribution in [0, 0.1) is 6.92 Å². The average Bonchev–Trinajstić information content (AvgIpc) is 3.20. The molecule has 0 saturated heterocycles. The maximum atomic E-state index is 13.3. The van der Waals surface area contributed by atoms with Crippen molar-refractivity contribution in [3.8, 4) is 39.7 Å². The summed E-state index contributed by atoms with van der Waals surface area (Å²) < 4.78 is 18.4. The van der Waals surface area contributed by atoms with Gasteiger partial charge in [-0.3, -0.25) is 14.4 Å². The Kier molecular flexibility index (Phi) is 13.8. The topological polar surface area (TPSA) is 176 Å². The Morgan fingerprint density at radius 3 is 2.06 bits per heavy atom. The van der Waals surface area contributed by atoms with Gasteiger partial charge in [0.15, 0.2) is 22.9 Å². The zero-order valence-corrected chi connectivity index (χ0v) is 38.5. The Labute approximate surface area is 378 Å². The Bertz CT molecular complexity index is 2810. The van der Waals surface area contributed by atoms with Gasteiger partial charge in [-0.15, -0.1) is 0 Å². The zero-order chi connectivity index (χ0) is 46.7. The highest BCUT2D eigenvalue weighted by Gasteiger charge is 2.25. The second-order valence-corrected chi connectivity index (χ2v) is 18.4. The van der Waals surface area contributed by atoms with Gasteiger partial charge in [0, 0.05) is 40.8 Å². The molecular formula is C51H55N3O9S. The molecule has 12 nitrogen and oxygen atoms in total. The molecule has 5 N–H and O–H groups in total. The summed E-state index contributed by atoms with van der Waals surface area (Å²) >= 11 is 5.51. The van der Waals surface area contributed by atoms with Crippen LogP contribution in [0.25, 0.3) is 33.4 Å². The number of Topliss-reactive ketones (excluding diaryl/α,β-unsaturated/α-hetero) is 1. The molecule has 0 saturated carbocycles. The molecule has 1 aliphatic heterocycles.